The molecule has 0 saturated carbocycles. The van der Waals surface area contributed by atoms with E-state index in [1.807, 2.05) is 6.92 Å². The van der Waals surface area contributed by atoms with Gasteiger partial charge in [-0.25, -0.2) is 19.2 Å². The normalized spacial score (nSPS) is 15.9. The van der Waals surface area contributed by atoms with Crippen LogP contribution in [0.25, 0.3) is 0 Å². The summed E-state index contributed by atoms with van der Waals surface area (Å²) in [6.07, 6.45) is 1.43. The summed E-state index contributed by atoms with van der Waals surface area (Å²) in [5.41, 5.74) is 0.745. The Morgan fingerprint density at radius 2 is 1.84 bits per heavy atom. The van der Waals surface area contributed by atoms with Crippen LogP contribution in [0.15, 0.2) is 36.9 Å². The zero-order chi connectivity index (χ0) is 23.4. The van der Waals surface area contributed by atoms with E-state index >= 15 is 0 Å². The fourth-order valence-corrected chi connectivity index (χ4v) is 3.67. The fraction of sp³-hybridized carbons (Fsp3) is 0.348. The van der Waals surface area contributed by atoms with E-state index in [0.29, 0.717) is 23.6 Å². The highest BCUT2D eigenvalue weighted by Crippen LogP contribution is 2.19. The van der Waals surface area contributed by atoms with Gasteiger partial charge >= 0.3 is 5.97 Å². The van der Waals surface area contributed by atoms with E-state index in [4.69, 9.17) is 4.74 Å². The molecule has 1 aromatic carbocycles. The number of halogens is 1. The lowest BCUT2D eigenvalue weighted by Gasteiger charge is -2.40. The maximum Gasteiger partial charge on any atom is 0.342 e. The molecule has 168 valence electrons. The molecule has 9 heteroatoms. The third-order valence-electron chi connectivity index (χ3n) is 5.21. The molecule has 2 aromatic rings. The molecule has 1 unspecified atom stereocenters. The SMILES string of the molecule is C=CCOC(=O)c1c(C)nc(C)nc1C(=O)N1CCN(C(=O)c2ccc(F)cc2)C(C)C1. The molecule has 2 amide bonds. The van der Waals surface area contributed by atoms with Crippen LogP contribution in [-0.2, 0) is 4.74 Å². The van der Waals surface area contributed by atoms with Crippen LogP contribution in [0.3, 0.4) is 0 Å². The Bertz CT molecular complexity index is 1050. The van der Waals surface area contributed by atoms with Crippen molar-refractivity contribution in [1.82, 2.24) is 19.8 Å². The van der Waals surface area contributed by atoms with Crippen molar-refractivity contribution in [2.45, 2.75) is 26.8 Å². The van der Waals surface area contributed by atoms with Gasteiger partial charge in [0.2, 0.25) is 0 Å². The van der Waals surface area contributed by atoms with Crippen LogP contribution in [0.1, 0.15) is 49.6 Å². The topological polar surface area (TPSA) is 92.7 Å². The quantitative estimate of drug-likeness (QED) is 0.524. The van der Waals surface area contributed by atoms with Gasteiger partial charge in [0.05, 0.1) is 5.69 Å². The lowest BCUT2D eigenvalue weighted by molar-refractivity contribution is 0.0406. The molecule has 0 bridgehead atoms. The first-order chi connectivity index (χ1) is 15.2. The Balaban J connectivity index is 1.80. The third kappa shape index (κ3) is 4.82. The van der Waals surface area contributed by atoms with Crippen LogP contribution in [0.4, 0.5) is 4.39 Å². The largest absolute Gasteiger partial charge is 0.458 e. The van der Waals surface area contributed by atoms with Gasteiger partial charge in [0.1, 0.15) is 29.5 Å². The number of nitrogens with zero attached hydrogens (tertiary/aromatic N) is 4. The number of carbonyl (C=O) groups excluding carboxylic acids is 3. The summed E-state index contributed by atoms with van der Waals surface area (Å²) in [6.45, 7) is 9.43. The number of rotatable bonds is 5. The van der Waals surface area contributed by atoms with Crippen LogP contribution in [0.2, 0.25) is 0 Å². The number of carbonyl (C=O) groups is 3. The molecule has 1 atom stereocenters. The van der Waals surface area contributed by atoms with E-state index < -0.39 is 17.7 Å². The van der Waals surface area contributed by atoms with Gasteiger partial charge in [-0.05, 0) is 45.0 Å². The lowest BCUT2D eigenvalue weighted by Crippen LogP contribution is -2.55. The van der Waals surface area contributed by atoms with Crippen LogP contribution < -0.4 is 0 Å². The number of esters is 1. The zero-order valence-electron chi connectivity index (χ0n) is 18.3. The van der Waals surface area contributed by atoms with Gasteiger partial charge in [-0.3, -0.25) is 9.59 Å². The van der Waals surface area contributed by atoms with Gasteiger partial charge in [0.25, 0.3) is 11.8 Å². The van der Waals surface area contributed by atoms with Crippen molar-refractivity contribution in [1.29, 1.82) is 0 Å². The number of piperazine rings is 1. The Morgan fingerprint density at radius 1 is 1.16 bits per heavy atom. The number of benzene rings is 1. The van der Waals surface area contributed by atoms with Crippen molar-refractivity contribution < 1.29 is 23.5 Å². The number of aromatic nitrogens is 2. The number of amides is 2. The summed E-state index contributed by atoms with van der Waals surface area (Å²) in [7, 11) is 0. The molecular formula is C23H25FN4O4. The standard InChI is InChI=1S/C23H25FN4O4/c1-5-12-32-23(31)19-15(3)25-16(4)26-20(19)22(30)27-10-11-28(14(2)13-27)21(29)17-6-8-18(24)9-7-17/h5-9,14H,1,10-13H2,2-4H3. The summed E-state index contributed by atoms with van der Waals surface area (Å²) in [6, 6.07) is 5.07. The van der Waals surface area contributed by atoms with Crippen molar-refractivity contribution in [2.75, 3.05) is 26.2 Å². The smallest absolute Gasteiger partial charge is 0.342 e. The molecule has 3 rings (SSSR count). The first kappa shape index (κ1) is 23.1. The van der Waals surface area contributed by atoms with Gasteiger partial charge < -0.3 is 14.5 Å². The fourth-order valence-electron chi connectivity index (χ4n) is 3.67. The minimum Gasteiger partial charge on any atom is -0.458 e. The molecule has 0 radical (unpaired) electrons. The number of hydrogen-bond donors (Lipinski definition) is 0. The van der Waals surface area contributed by atoms with Gasteiger partial charge in [0, 0.05) is 31.2 Å². The average Bonchev–Trinajstić information content (AvgIpc) is 2.76. The van der Waals surface area contributed by atoms with Crippen molar-refractivity contribution in [3.05, 3.63) is 71.1 Å². The number of hydrogen-bond acceptors (Lipinski definition) is 6. The molecule has 1 aromatic heterocycles. The molecule has 0 N–H and O–H groups in total. The molecule has 0 aliphatic carbocycles. The average molecular weight is 440 g/mol. The number of ether oxygens (including phenoxy) is 1. The van der Waals surface area contributed by atoms with Crippen molar-refractivity contribution >= 4 is 17.8 Å². The zero-order valence-corrected chi connectivity index (χ0v) is 18.3. The van der Waals surface area contributed by atoms with E-state index in [-0.39, 0.29) is 42.9 Å². The summed E-state index contributed by atoms with van der Waals surface area (Å²) in [5.74, 6) is -1.40. The second kappa shape index (κ2) is 9.67. The monoisotopic (exact) mass is 440 g/mol. The van der Waals surface area contributed by atoms with E-state index in [1.165, 1.54) is 30.3 Å². The van der Waals surface area contributed by atoms with Crippen LogP contribution in [0.5, 0.6) is 0 Å². The van der Waals surface area contributed by atoms with Crippen molar-refractivity contribution in [3.63, 3.8) is 0 Å². The first-order valence-corrected chi connectivity index (χ1v) is 10.2. The molecule has 8 nitrogen and oxygen atoms in total. The van der Waals surface area contributed by atoms with E-state index in [2.05, 4.69) is 16.5 Å². The van der Waals surface area contributed by atoms with Crippen LogP contribution in [0, 0.1) is 19.7 Å². The van der Waals surface area contributed by atoms with Crippen molar-refractivity contribution in [2.24, 2.45) is 0 Å². The first-order valence-electron chi connectivity index (χ1n) is 10.2. The van der Waals surface area contributed by atoms with E-state index in [0.717, 1.165) is 0 Å². The predicted molar refractivity (Wildman–Crippen MR) is 115 cm³/mol. The lowest BCUT2D eigenvalue weighted by atomic mass is 10.1. The predicted octanol–water partition coefficient (Wildman–Crippen LogP) is 2.56. The Hall–Kier alpha value is -3.62. The highest BCUT2D eigenvalue weighted by molar-refractivity contribution is 6.04. The Labute approximate surface area is 185 Å². The molecule has 0 spiro atoms. The second-order valence-corrected chi connectivity index (χ2v) is 7.57. The minimum atomic E-state index is -0.691. The summed E-state index contributed by atoms with van der Waals surface area (Å²) in [5, 5.41) is 0. The molecule has 1 fully saturated rings. The van der Waals surface area contributed by atoms with Gasteiger partial charge in [-0.15, -0.1) is 0 Å². The van der Waals surface area contributed by atoms with E-state index in [1.54, 1.807) is 23.6 Å². The highest BCUT2D eigenvalue weighted by Gasteiger charge is 2.34. The molecule has 1 aliphatic heterocycles. The molecular weight excluding hydrogens is 415 g/mol. The second-order valence-electron chi connectivity index (χ2n) is 7.57. The molecule has 1 saturated heterocycles. The molecule has 1 aliphatic rings. The summed E-state index contributed by atoms with van der Waals surface area (Å²) >= 11 is 0. The van der Waals surface area contributed by atoms with Gasteiger partial charge in [-0.1, -0.05) is 12.7 Å². The summed E-state index contributed by atoms with van der Waals surface area (Å²) in [4.78, 5) is 50.3. The highest BCUT2D eigenvalue weighted by atomic mass is 19.1. The van der Waals surface area contributed by atoms with Crippen LogP contribution in [-0.4, -0.2) is 69.8 Å². The maximum absolute atomic E-state index is 13.3. The summed E-state index contributed by atoms with van der Waals surface area (Å²) < 4.78 is 18.3. The van der Waals surface area contributed by atoms with Gasteiger partial charge in [0.15, 0.2) is 0 Å². The van der Waals surface area contributed by atoms with Gasteiger partial charge in [-0.2, -0.15) is 0 Å². The molecule has 2 heterocycles. The number of aryl methyl sites for hydroxylation is 2. The van der Waals surface area contributed by atoms with Crippen LogP contribution >= 0.6 is 0 Å². The Kier molecular flexibility index (Phi) is 6.97. The van der Waals surface area contributed by atoms with E-state index in [9.17, 15) is 18.8 Å². The maximum atomic E-state index is 13.3. The van der Waals surface area contributed by atoms with Crippen molar-refractivity contribution in [3.8, 4) is 0 Å². The third-order valence-corrected chi connectivity index (χ3v) is 5.21. The Morgan fingerprint density at radius 3 is 2.47 bits per heavy atom. The minimum absolute atomic E-state index is 0.000978. The molecule has 32 heavy (non-hydrogen) atoms.